The Bertz CT molecular complexity index is 1660. The lowest BCUT2D eigenvalue weighted by Crippen LogP contribution is -2.06. The lowest BCUT2D eigenvalue weighted by Gasteiger charge is -2.21. The molecule has 4 aliphatic carbocycles. The SMILES string of the molecule is CC(C)c1ccc2c(c1)CCC2.CC(C)c1ccc2c(c1)CCCC2.CC(C)c1cccc2c1CCC2.CC(C)c1cccc2c1CCCC2. The van der Waals surface area contributed by atoms with E-state index in [0.29, 0.717) is 23.7 Å². The molecule has 0 spiro atoms. The van der Waals surface area contributed by atoms with Crippen LogP contribution in [0.1, 0.15) is 184 Å². The zero-order chi connectivity index (χ0) is 35.6. The normalized spacial score (nSPS) is 15.6. The second-order valence-electron chi connectivity index (χ2n) is 16.8. The van der Waals surface area contributed by atoms with E-state index in [4.69, 9.17) is 0 Å². The third-order valence-electron chi connectivity index (χ3n) is 11.7. The molecule has 0 unspecified atom stereocenters. The van der Waals surface area contributed by atoms with Gasteiger partial charge >= 0.3 is 0 Å². The summed E-state index contributed by atoms with van der Waals surface area (Å²) in [5.74, 6) is 2.73. The quantitative estimate of drug-likeness (QED) is 0.203. The van der Waals surface area contributed by atoms with Gasteiger partial charge in [-0.15, -0.1) is 0 Å². The fourth-order valence-electron chi connectivity index (χ4n) is 8.61. The Morgan fingerprint density at radius 3 is 1.16 bits per heavy atom. The van der Waals surface area contributed by atoms with Crippen molar-refractivity contribution in [3.63, 3.8) is 0 Å². The largest absolute Gasteiger partial charge is 0.0617 e. The Hall–Kier alpha value is -3.12. The second kappa shape index (κ2) is 18.4. The van der Waals surface area contributed by atoms with Gasteiger partial charge in [0, 0.05) is 0 Å². The highest BCUT2D eigenvalue weighted by Gasteiger charge is 2.16. The lowest BCUT2D eigenvalue weighted by molar-refractivity contribution is 0.670. The molecule has 0 radical (unpaired) electrons. The summed E-state index contributed by atoms with van der Waals surface area (Å²) < 4.78 is 0. The zero-order valence-electron chi connectivity index (χ0n) is 33.1. The molecule has 8 rings (SSSR count). The van der Waals surface area contributed by atoms with E-state index in [1.165, 1.54) is 101 Å². The van der Waals surface area contributed by atoms with E-state index in [1.807, 2.05) is 0 Å². The van der Waals surface area contributed by atoms with Crippen molar-refractivity contribution >= 4 is 0 Å². The molecule has 4 aliphatic rings. The zero-order valence-corrected chi connectivity index (χ0v) is 33.1. The van der Waals surface area contributed by atoms with E-state index in [-0.39, 0.29) is 0 Å². The highest BCUT2D eigenvalue weighted by molar-refractivity contribution is 5.41. The van der Waals surface area contributed by atoms with E-state index in [1.54, 1.807) is 55.6 Å². The van der Waals surface area contributed by atoms with Crippen LogP contribution in [-0.4, -0.2) is 0 Å². The first-order valence-electron chi connectivity index (χ1n) is 20.6. The van der Waals surface area contributed by atoms with Crippen molar-refractivity contribution < 1.29 is 0 Å². The van der Waals surface area contributed by atoms with Crippen molar-refractivity contribution in [2.75, 3.05) is 0 Å². The van der Waals surface area contributed by atoms with Crippen molar-refractivity contribution in [2.45, 2.75) is 169 Å². The van der Waals surface area contributed by atoms with Gasteiger partial charge in [-0.1, -0.05) is 128 Å². The fraction of sp³-hybridized carbons (Fsp3) is 0.520. The summed E-state index contributed by atoms with van der Waals surface area (Å²) in [6.07, 6.45) is 18.7. The summed E-state index contributed by atoms with van der Waals surface area (Å²) in [7, 11) is 0. The van der Waals surface area contributed by atoms with Crippen molar-refractivity contribution in [2.24, 2.45) is 0 Å². The van der Waals surface area contributed by atoms with Crippen LogP contribution in [0.2, 0.25) is 0 Å². The predicted molar refractivity (Wildman–Crippen MR) is 219 cm³/mol. The second-order valence-corrected chi connectivity index (χ2v) is 16.8. The Morgan fingerprint density at radius 1 is 0.320 bits per heavy atom. The van der Waals surface area contributed by atoms with Crippen LogP contribution >= 0.6 is 0 Å². The average Bonchev–Trinajstić information content (AvgIpc) is 3.81. The molecular formula is C50H68. The standard InChI is InChI=1S/2C13H18.2C12H16/c1-10(2)12-9-5-7-11-6-3-4-8-13(11)12;1-10(2)12-8-7-11-5-3-4-6-13(11)9-12;1-9(2)11-7-3-5-10-6-4-8-12(10)11;1-9(2)11-7-6-10-4-3-5-12(10)8-11/h5,7,9-10H,3-4,6,8H2,1-2H3;7-10H,3-6H2,1-2H3;3,5,7,9H,4,6,8H2,1-2H3;6-9H,3-5H2,1-2H3. The average molecular weight is 669 g/mol. The van der Waals surface area contributed by atoms with Crippen molar-refractivity contribution in [1.82, 2.24) is 0 Å². The topological polar surface area (TPSA) is 0 Å². The molecule has 4 aromatic carbocycles. The third kappa shape index (κ3) is 10.0. The number of hydrogen-bond acceptors (Lipinski definition) is 0. The third-order valence-corrected chi connectivity index (χ3v) is 11.7. The van der Waals surface area contributed by atoms with Gasteiger partial charge in [0.2, 0.25) is 0 Å². The molecule has 0 nitrogen and oxygen atoms in total. The molecule has 0 bridgehead atoms. The summed E-state index contributed by atoms with van der Waals surface area (Å²) in [5, 5.41) is 0. The molecule has 4 aromatic rings. The Labute approximate surface area is 307 Å². The molecule has 268 valence electrons. The maximum absolute atomic E-state index is 2.42. The fourth-order valence-corrected chi connectivity index (χ4v) is 8.61. The van der Waals surface area contributed by atoms with Crippen LogP contribution in [-0.2, 0) is 51.4 Å². The van der Waals surface area contributed by atoms with Gasteiger partial charge in [0.25, 0.3) is 0 Å². The molecule has 0 fully saturated rings. The number of fused-ring (bicyclic) bond motifs is 4. The predicted octanol–water partition coefficient (Wildman–Crippen LogP) is 14.0. The number of aryl methyl sites for hydroxylation is 6. The van der Waals surface area contributed by atoms with E-state index in [9.17, 15) is 0 Å². The molecule has 0 saturated carbocycles. The molecular weight excluding hydrogens is 601 g/mol. The molecule has 50 heavy (non-hydrogen) atoms. The molecule has 0 amide bonds. The molecule has 0 N–H and O–H groups in total. The van der Waals surface area contributed by atoms with Gasteiger partial charge < -0.3 is 0 Å². The molecule has 0 heterocycles. The summed E-state index contributed by atoms with van der Waals surface area (Å²) in [6, 6.07) is 27.7. The minimum Gasteiger partial charge on any atom is -0.0617 e. The van der Waals surface area contributed by atoms with Gasteiger partial charge in [0.05, 0.1) is 0 Å². The first-order valence-corrected chi connectivity index (χ1v) is 20.6. The Kier molecular flexibility index (Phi) is 14.0. The van der Waals surface area contributed by atoms with E-state index in [0.717, 1.165) is 0 Å². The van der Waals surface area contributed by atoms with E-state index in [2.05, 4.69) is 128 Å². The van der Waals surface area contributed by atoms with Crippen LogP contribution in [0.15, 0.2) is 72.8 Å². The first kappa shape index (κ1) is 38.1. The maximum Gasteiger partial charge on any atom is -0.0216 e. The summed E-state index contributed by atoms with van der Waals surface area (Å²) >= 11 is 0. The van der Waals surface area contributed by atoms with Crippen LogP contribution in [0.5, 0.6) is 0 Å². The van der Waals surface area contributed by atoms with Crippen LogP contribution in [0, 0.1) is 0 Å². The van der Waals surface area contributed by atoms with Gasteiger partial charge in [0.15, 0.2) is 0 Å². The smallest absolute Gasteiger partial charge is 0.0216 e. The van der Waals surface area contributed by atoms with Crippen molar-refractivity contribution in [1.29, 1.82) is 0 Å². The van der Waals surface area contributed by atoms with Gasteiger partial charge in [-0.25, -0.2) is 0 Å². The molecule has 0 atom stereocenters. The van der Waals surface area contributed by atoms with E-state index >= 15 is 0 Å². The van der Waals surface area contributed by atoms with E-state index < -0.39 is 0 Å². The minimum absolute atomic E-state index is 0.673. The molecule has 0 heteroatoms. The summed E-state index contributed by atoms with van der Waals surface area (Å²) in [5.41, 5.74) is 19.0. The van der Waals surface area contributed by atoms with Crippen LogP contribution in [0.3, 0.4) is 0 Å². The van der Waals surface area contributed by atoms with Crippen LogP contribution in [0.25, 0.3) is 0 Å². The van der Waals surface area contributed by atoms with Crippen molar-refractivity contribution in [3.8, 4) is 0 Å². The van der Waals surface area contributed by atoms with Crippen LogP contribution < -0.4 is 0 Å². The van der Waals surface area contributed by atoms with Crippen molar-refractivity contribution in [3.05, 3.63) is 140 Å². The highest BCUT2D eigenvalue weighted by atomic mass is 14.2. The van der Waals surface area contributed by atoms with Crippen LogP contribution in [0.4, 0.5) is 0 Å². The number of rotatable bonds is 4. The number of benzene rings is 4. The first-order chi connectivity index (χ1) is 24.1. The Balaban J connectivity index is 0.000000130. The van der Waals surface area contributed by atoms with Gasteiger partial charge in [-0.2, -0.15) is 0 Å². The molecule has 0 aliphatic heterocycles. The van der Waals surface area contributed by atoms with Gasteiger partial charge in [0.1, 0.15) is 0 Å². The molecule has 0 aromatic heterocycles. The summed E-state index contributed by atoms with van der Waals surface area (Å²) in [6.45, 7) is 18.2. The monoisotopic (exact) mass is 669 g/mol. The van der Waals surface area contributed by atoms with Gasteiger partial charge in [-0.3, -0.25) is 0 Å². The minimum atomic E-state index is 0.673. The number of hydrogen-bond donors (Lipinski definition) is 0. The summed E-state index contributed by atoms with van der Waals surface area (Å²) in [4.78, 5) is 0. The lowest BCUT2D eigenvalue weighted by atomic mass is 9.85. The maximum atomic E-state index is 2.42. The Morgan fingerprint density at radius 2 is 0.680 bits per heavy atom. The highest BCUT2D eigenvalue weighted by Crippen LogP contribution is 2.31. The van der Waals surface area contributed by atoms with Gasteiger partial charge in [-0.05, 0) is 180 Å². The molecule has 0 saturated heterocycles.